The van der Waals surface area contributed by atoms with Crippen molar-refractivity contribution in [2.24, 2.45) is 5.10 Å². The molecule has 0 bridgehead atoms. The van der Waals surface area contributed by atoms with Crippen LogP contribution in [0.5, 0.6) is 11.5 Å². The fourth-order valence-corrected chi connectivity index (χ4v) is 2.50. The van der Waals surface area contributed by atoms with E-state index in [0.29, 0.717) is 27.9 Å². The smallest absolute Gasteiger partial charge is 0.271 e. The van der Waals surface area contributed by atoms with E-state index >= 15 is 0 Å². The molecule has 0 aliphatic rings. The molecular weight excluding hydrogens is 389 g/mol. The van der Waals surface area contributed by atoms with Crippen molar-refractivity contribution in [3.8, 4) is 11.5 Å². The first-order valence-corrected chi connectivity index (χ1v) is 8.52. The summed E-state index contributed by atoms with van der Waals surface area (Å²) < 4.78 is 23.5. The van der Waals surface area contributed by atoms with Crippen molar-refractivity contribution in [1.82, 2.24) is 5.43 Å². The van der Waals surface area contributed by atoms with Gasteiger partial charge in [0.2, 0.25) is 5.91 Å². The molecule has 0 saturated carbocycles. The Morgan fingerprint density at radius 1 is 1.14 bits per heavy atom. The predicted molar refractivity (Wildman–Crippen MR) is 105 cm³/mol. The fourth-order valence-electron chi connectivity index (χ4n) is 2.26. The summed E-state index contributed by atoms with van der Waals surface area (Å²) in [6.45, 7) is 1.57. The number of hydrazone groups is 1. The Hall–Kier alpha value is -3.13. The van der Waals surface area contributed by atoms with Crippen LogP contribution in [0.15, 0.2) is 41.5 Å². The van der Waals surface area contributed by atoms with Crippen molar-refractivity contribution in [3.63, 3.8) is 0 Å². The number of carbonyl (C=O) groups excluding carboxylic acids is 2. The lowest BCUT2D eigenvalue weighted by atomic mass is 10.2. The SMILES string of the molecule is COc1cc(NC(=O)C/C(C)=N/NC(=O)c2cccc(F)c2)c(OC)cc1Cl. The molecule has 0 aliphatic heterocycles. The summed E-state index contributed by atoms with van der Waals surface area (Å²) in [4.78, 5) is 24.2. The number of hydrogen-bond donors (Lipinski definition) is 2. The van der Waals surface area contributed by atoms with E-state index in [9.17, 15) is 14.0 Å². The molecule has 2 rings (SSSR count). The van der Waals surface area contributed by atoms with Gasteiger partial charge in [0.25, 0.3) is 5.91 Å². The van der Waals surface area contributed by atoms with Gasteiger partial charge in [-0.15, -0.1) is 0 Å². The van der Waals surface area contributed by atoms with Crippen LogP contribution in [0.1, 0.15) is 23.7 Å². The fraction of sp³-hybridized carbons (Fsp3) is 0.211. The Morgan fingerprint density at radius 3 is 2.50 bits per heavy atom. The predicted octanol–water partition coefficient (Wildman–Crippen LogP) is 3.63. The van der Waals surface area contributed by atoms with Gasteiger partial charge in [0.05, 0.1) is 31.4 Å². The minimum Gasteiger partial charge on any atom is -0.495 e. The molecule has 0 spiro atoms. The van der Waals surface area contributed by atoms with E-state index in [2.05, 4.69) is 15.8 Å². The van der Waals surface area contributed by atoms with Gasteiger partial charge in [-0.3, -0.25) is 9.59 Å². The van der Waals surface area contributed by atoms with Crippen LogP contribution in [0.4, 0.5) is 10.1 Å². The third-order valence-corrected chi connectivity index (χ3v) is 3.89. The van der Waals surface area contributed by atoms with Crippen LogP contribution in [0.2, 0.25) is 5.02 Å². The molecule has 0 radical (unpaired) electrons. The first-order chi connectivity index (χ1) is 13.3. The van der Waals surface area contributed by atoms with Crippen molar-refractivity contribution >= 4 is 34.8 Å². The minimum atomic E-state index is -0.580. The van der Waals surface area contributed by atoms with E-state index in [1.807, 2.05) is 0 Å². The number of rotatable bonds is 7. The van der Waals surface area contributed by atoms with Crippen molar-refractivity contribution in [3.05, 3.63) is 52.8 Å². The minimum absolute atomic E-state index is 0.0858. The van der Waals surface area contributed by atoms with Gasteiger partial charge < -0.3 is 14.8 Å². The second-order valence-electron chi connectivity index (χ2n) is 5.71. The van der Waals surface area contributed by atoms with Gasteiger partial charge in [-0.2, -0.15) is 5.10 Å². The molecule has 0 unspecified atom stereocenters. The Morgan fingerprint density at radius 2 is 1.86 bits per heavy atom. The van der Waals surface area contributed by atoms with Crippen LogP contribution < -0.4 is 20.2 Å². The number of benzene rings is 2. The van der Waals surface area contributed by atoms with Crippen LogP contribution in [0.3, 0.4) is 0 Å². The molecule has 2 aromatic carbocycles. The summed E-state index contributed by atoms with van der Waals surface area (Å²) in [6.07, 6.45) is -0.0858. The van der Waals surface area contributed by atoms with E-state index in [1.54, 1.807) is 6.92 Å². The molecule has 0 saturated heterocycles. The molecule has 9 heteroatoms. The monoisotopic (exact) mass is 407 g/mol. The van der Waals surface area contributed by atoms with Crippen molar-refractivity contribution in [1.29, 1.82) is 0 Å². The van der Waals surface area contributed by atoms with Crippen LogP contribution in [-0.4, -0.2) is 31.7 Å². The molecule has 0 aromatic heterocycles. The number of hydrogen-bond acceptors (Lipinski definition) is 5. The van der Waals surface area contributed by atoms with Crippen LogP contribution in [0, 0.1) is 5.82 Å². The van der Waals surface area contributed by atoms with Gasteiger partial charge in [0.15, 0.2) is 0 Å². The lowest BCUT2D eigenvalue weighted by Gasteiger charge is -2.13. The Bertz CT molecular complexity index is 918. The Labute approximate surface area is 166 Å². The third-order valence-electron chi connectivity index (χ3n) is 3.60. The quantitative estimate of drug-likeness (QED) is 0.541. The van der Waals surface area contributed by atoms with Gasteiger partial charge in [0, 0.05) is 23.4 Å². The molecule has 2 aromatic rings. The topological polar surface area (TPSA) is 89.0 Å². The zero-order chi connectivity index (χ0) is 20.7. The largest absolute Gasteiger partial charge is 0.495 e. The van der Waals surface area contributed by atoms with E-state index in [-0.39, 0.29) is 17.9 Å². The number of nitrogens with zero attached hydrogens (tertiary/aromatic N) is 1. The summed E-state index contributed by atoms with van der Waals surface area (Å²) in [5.74, 6) is -0.744. The van der Waals surface area contributed by atoms with Crippen LogP contribution in [-0.2, 0) is 4.79 Å². The molecule has 0 atom stereocenters. The van der Waals surface area contributed by atoms with Crippen molar-refractivity contribution < 1.29 is 23.5 Å². The second kappa shape index (κ2) is 9.70. The zero-order valence-corrected chi connectivity index (χ0v) is 16.3. The first kappa shape index (κ1) is 21.2. The summed E-state index contributed by atoms with van der Waals surface area (Å²) in [5.41, 5.74) is 3.14. The average Bonchev–Trinajstić information content (AvgIpc) is 2.66. The highest BCUT2D eigenvalue weighted by Gasteiger charge is 2.13. The summed E-state index contributed by atoms with van der Waals surface area (Å²) in [7, 11) is 2.90. The Balaban J connectivity index is 2.00. The van der Waals surface area contributed by atoms with Gasteiger partial charge >= 0.3 is 0 Å². The lowest BCUT2D eigenvalue weighted by Crippen LogP contribution is -2.21. The number of carbonyl (C=O) groups is 2. The normalized spacial score (nSPS) is 11.0. The highest BCUT2D eigenvalue weighted by atomic mass is 35.5. The van der Waals surface area contributed by atoms with Crippen molar-refractivity contribution in [2.45, 2.75) is 13.3 Å². The number of halogens is 2. The molecule has 2 amide bonds. The average molecular weight is 408 g/mol. The molecule has 148 valence electrons. The Kier molecular flexibility index (Phi) is 7.34. The van der Waals surface area contributed by atoms with Crippen LogP contribution in [0.25, 0.3) is 0 Å². The van der Waals surface area contributed by atoms with Crippen LogP contribution >= 0.6 is 11.6 Å². The maximum Gasteiger partial charge on any atom is 0.271 e. The van der Waals surface area contributed by atoms with Crippen molar-refractivity contribution in [2.75, 3.05) is 19.5 Å². The van der Waals surface area contributed by atoms with E-state index in [0.717, 1.165) is 6.07 Å². The molecule has 0 aliphatic carbocycles. The molecule has 28 heavy (non-hydrogen) atoms. The van der Waals surface area contributed by atoms with E-state index < -0.39 is 11.7 Å². The molecular formula is C19H19ClFN3O4. The van der Waals surface area contributed by atoms with Gasteiger partial charge in [0.1, 0.15) is 17.3 Å². The highest BCUT2D eigenvalue weighted by molar-refractivity contribution is 6.32. The maximum atomic E-state index is 13.2. The maximum absolute atomic E-state index is 13.2. The van der Waals surface area contributed by atoms with Gasteiger partial charge in [-0.05, 0) is 25.1 Å². The highest BCUT2D eigenvalue weighted by Crippen LogP contribution is 2.35. The number of methoxy groups -OCH3 is 2. The molecule has 2 N–H and O–H groups in total. The standard InChI is InChI=1S/C19H19ClFN3O4/c1-11(23-24-19(26)12-5-4-6-13(21)8-12)7-18(25)22-15-10-16(27-2)14(20)9-17(15)28-3/h4-6,8-10H,7H2,1-3H3,(H,22,25)(H,24,26)/b23-11+. The van der Waals surface area contributed by atoms with Gasteiger partial charge in [-0.25, -0.2) is 9.82 Å². The van der Waals surface area contributed by atoms with Gasteiger partial charge in [-0.1, -0.05) is 17.7 Å². The summed E-state index contributed by atoms with van der Waals surface area (Å²) in [6, 6.07) is 8.26. The van der Waals surface area contributed by atoms with E-state index in [1.165, 1.54) is 44.6 Å². The number of ether oxygens (including phenoxy) is 2. The number of amides is 2. The number of nitrogens with one attached hydrogen (secondary N) is 2. The van der Waals surface area contributed by atoms with E-state index in [4.69, 9.17) is 21.1 Å². The first-order valence-electron chi connectivity index (χ1n) is 8.14. The summed E-state index contributed by atoms with van der Waals surface area (Å²) in [5, 5.41) is 6.88. The molecule has 7 nitrogen and oxygen atoms in total. The number of anilines is 1. The lowest BCUT2D eigenvalue weighted by molar-refractivity contribution is -0.115. The zero-order valence-electron chi connectivity index (χ0n) is 15.5. The summed E-state index contributed by atoms with van der Waals surface area (Å²) >= 11 is 6.03. The third kappa shape index (κ3) is 5.68. The second-order valence-corrected chi connectivity index (χ2v) is 6.12. The molecule has 0 heterocycles. The molecule has 0 fully saturated rings.